The Balaban J connectivity index is 1.74. The molecule has 0 aliphatic heterocycles. The molecule has 9 nitrogen and oxygen atoms in total. The average Bonchev–Trinajstić information content (AvgIpc) is 3.26. The topological polar surface area (TPSA) is 124 Å². The third kappa shape index (κ3) is 3.60. The van der Waals surface area contributed by atoms with Crippen molar-refractivity contribution < 1.29 is 0 Å². The van der Waals surface area contributed by atoms with Gasteiger partial charge in [-0.2, -0.15) is 15.5 Å². The third-order valence-corrected chi connectivity index (χ3v) is 5.18. The van der Waals surface area contributed by atoms with Crippen molar-refractivity contribution in [2.45, 2.75) is 24.3 Å². The van der Waals surface area contributed by atoms with Crippen molar-refractivity contribution in [3.05, 3.63) is 52.2 Å². The number of nitriles is 1. The molecule has 0 spiro atoms. The Morgan fingerprint density at radius 3 is 2.75 bits per heavy atom. The molecule has 28 heavy (non-hydrogen) atoms. The van der Waals surface area contributed by atoms with Gasteiger partial charge in [-0.05, 0) is 24.7 Å². The van der Waals surface area contributed by atoms with Crippen molar-refractivity contribution in [1.82, 2.24) is 35.0 Å². The fourth-order valence-electron chi connectivity index (χ4n) is 2.65. The van der Waals surface area contributed by atoms with Crippen molar-refractivity contribution >= 4 is 40.8 Å². The molecule has 0 bridgehead atoms. The smallest absolute Gasteiger partial charge is 0.214 e. The van der Waals surface area contributed by atoms with E-state index in [1.165, 1.54) is 17.3 Å². The van der Waals surface area contributed by atoms with E-state index in [1.807, 2.05) is 25.1 Å². The van der Waals surface area contributed by atoms with Gasteiger partial charge in [0.15, 0.2) is 16.6 Å². The second kappa shape index (κ2) is 7.79. The Bertz CT molecular complexity index is 1220. The minimum atomic E-state index is 0.167. The van der Waals surface area contributed by atoms with E-state index in [1.54, 1.807) is 4.68 Å². The van der Waals surface area contributed by atoms with Gasteiger partial charge in [0.1, 0.15) is 5.82 Å². The number of nitrogens with zero attached hydrogens (tertiary/aromatic N) is 6. The van der Waals surface area contributed by atoms with Gasteiger partial charge in [0.2, 0.25) is 4.77 Å². The zero-order valence-electron chi connectivity index (χ0n) is 14.8. The number of anilines is 1. The first-order chi connectivity index (χ1) is 13.7. The number of nitrogens with one attached hydrogen (secondary N) is 3. The lowest BCUT2D eigenvalue weighted by Gasteiger charge is -2.10. The third-order valence-electron chi connectivity index (χ3n) is 3.99. The second-order valence-electron chi connectivity index (χ2n) is 5.89. The number of aryl methyl sites for hydroxylation is 1. The summed E-state index contributed by atoms with van der Waals surface area (Å²) < 4.78 is 2.03. The van der Waals surface area contributed by atoms with Crippen LogP contribution in [0.4, 0.5) is 5.82 Å². The van der Waals surface area contributed by atoms with Gasteiger partial charge in [-0.25, -0.2) is 14.6 Å². The number of thioether (sulfide) groups is 1. The molecular formula is C17H15N9S2. The summed E-state index contributed by atoms with van der Waals surface area (Å²) in [5, 5.41) is 24.3. The van der Waals surface area contributed by atoms with Crippen molar-refractivity contribution in [1.29, 1.82) is 5.26 Å². The van der Waals surface area contributed by atoms with Crippen molar-refractivity contribution in [2.75, 3.05) is 5.43 Å². The van der Waals surface area contributed by atoms with Crippen LogP contribution in [0.5, 0.6) is 0 Å². The lowest BCUT2D eigenvalue weighted by Crippen LogP contribution is -2.13. The van der Waals surface area contributed by atoms with Crippen LogP contribution in [-0.2, 0) is 12.2 Å². The molecule has 0 aliphatic rings. The predicted molar refractivity (Wildman–Crippen MR) is 108 cm³/mol. The Kier molecular flexibility index (Phi) is 5.05. The normalized spacial score (nSPS) is 10.9. The Morgan fingerprint density at radius 1 is 1.21 bits per heavy atom. The highest BCUT2D eigenvalue weighted by molar-refractivity contribution is 7.98. The quantitative estimate of drug-likeness (QED) is 0.252. The van der Waals surface area contributed by atoms with Crippen LogP contribution in [0.15, 0.2) is 35.5 Å². The van der Waals surface area contributed by atoms with Gasteiger partial charge < -0.3 is 0 Å². The van der Waals surface area contributed by atoms with Crippen molar-refractivity contribution in [2.24, 2.45) is 0 Å². The minimum absolute atomic E-state index is 0.167. The first-order valence-corrected chi connectivity index (χ1v) is 9.75. The second-order valence-corrected chi connectivity index (χ2v) is 7.22. The molecule has 0 aliphatic carbocycles. The molecule has 1 aromatic carbocycles. The maximum atomic E-state index is 9.10. The molecule has 3 aromatic heterocycles. The number of aromatic nitrogens is 7. The molecule has 3 N–H and O–H groups in total. The summed E-state index contributed by atoms with van der Waals surface area (Å²) in [5.74, 6) is 1.89. The highest BCUT2D eigenvalue weighted by Crippen LogP contribution is 2.28. The molecule has 0 saturated carbocycles. The van der Waals surface area contributed by atoms with E-state index in [2.05, 4.69) is 54.0 Å². The summed E-state index contributed by atoms with van der Waals surface area (Å²) in [5.41, 5.74) is 5.48. The summed E-state index contributed by atoms with van der Waals surface area (Å²) >= 11 is 6.77. The molecule has 4 aromatic rings. The van der Waals surface area contributed by atoms with E-state index < -0.39 is 0 Å². The Hall–Kier alpha value is -3.23. The van der Waals surface area contributed by atoms with Gasteiger partial charge in [0.05, 0.1) is 23.6 Å². The van der Waals surface area contributed by atoms with Gasteiger partial charge in [-0.1, -0.05) is 42.1 Å². The highest BCUT2D eigenvalue weighted by Gasteiger charge is 2.17. The summed E-state index contributed by atoms with van der Waals surface area (Å²) in [4.78, 5) is 9.18. The fraction of sp³-hybridized carbons (Fsp3) is 0.176. The molecule has 4 rings (SSSR count). The number of aromatic amines is 2. The summed E-state index contributed by atoms with van der Waals surface area (Å²) in [7, 11) is 0. The Labute approximate surface area is 169 Å². The zero-order valence-corrected chi connectivity index (χ0v) is 16.4. The van der Waals surface area contributed by atoms with E-state index in [-0.39, 0.29) is 6.42 Å². The lowest BCUT2D eigenvalue weighted by molar-refractivity contribution is 0.861. The molecule has 0 fully saturated rings. The monoisotopic (exact) mass is 409 g/mol. The standard InChI is InChI=1S/C17H15N9S2/c1-10-21-24-17(27)26(10)25-15-13-12(7-8-18)22-23-14(13)19-16(20-15)28-9-11-5-3-2-4-6-11/h2-6H,7,9H2,1H3,(H,24,27)(H2,19,20,22,23,25). The first kappa shape index (κ1) is 18.1. The molecule has 3 heterocycles. The van der Waals surface area contributed by atoms with Crippen LogP contribution >= 0.6 is 24.0 Å². The minimum Gasteiger partial charge on any atom is -0.279 e. The van der Waals surface area contributed by atoms with Crippen LogP contribution in [0.2, 0.25) is 0 Å². The van der Waals surface area contributed by atoms with E-state index in [9.17, 15) is 0 Å². The molecular weight excluding hydrogens is 394 g/mol. The number of H-pyrrole nitrogens is 2. The zero-order chi connectivity index (χ0) is 19.5. The largest absolute Gasteiger partial charge is 0.279 e. The number of rotatable bonds is 6. The van der Waals surface area contributed by atoms with E-state index in [0.717, 1.165) is 5.75 Å². The lowest BCUT2D eigenvalue weighted by atomic mass is 10.2. The van der Waals surface area contributed by atoms with E-state index in [4.69, 9.17) is 17.5 Å². The highest BCUT2D eigenvalue weighted by atomic mass is 32.2. The SMILES string of the molecule is Cc1n[nH]c(=S)n1Nc1nc(SCc2ccccc2)nc2n[nH]c(CC#N)c12. The summed E-state index contributed by atoms with van der Waals surface area (Å²) in [6.45, 7) is 1.81. The maximum absolute atomic E-state index is 9.10. The van der Waals surface area contributed by atoms with Crippen LogP contribution in [0, 0.1) is 23.0 Å². The molecule has 140 valence electrons. The van der Waals surface area contributed by atoms with Crippen LogP contribution < -0.4 is 5.43 Å². The van der Waals surface area contributed by atoms with E-state index in [0.29, 0.717) is 38.3 Å². The molecule has 0 atom stereocenters. The van der Waals surface area contributed by atoms with Crippen LogP contribution in [0.1, 0.15) is 17.1 Å². The van der Waals surface area contributed by atoms with Crippen LogP contribution in [0.25, 0.3) is 11.0 Å². The van der Waals surface area contributed by atoms with Gasteiger partial charge >= 0.3 is 0 Å². The number of benzene rings is 1. The number of hydrogen-bond donors (Lipinski definition) is 3. The van der Waals surface area contributed by atoms with Gasteiger partial charge in [-0.15, -0.1) is 0 Å². The molecule has 11 heteroatoms. The van der Waals surface area contributed by atoms with E-state index >= 15 is 0 Å². The average molecular weight is 410 g/mol. The first-order valence-electron chi connectivity index (χ1n) is 8.35. The van der Waals surface area contributed by atoms with Crippen molar-refractivity contribution in [3.8, 4) is 6.07 Å². The number of fused-ring (bicyclic) bond motifs is 1. The number of hydrogen-bond acceptors (Lipinski definition) is 8. The van der Waals surface area contributed by atoms with Crippen LogP contribution in [-0.4, -0.2) is 35.0 Å². The Morgan fingerprint density at radius 2 is 2.04 bits per heavy atom. The molecule has 0 radical (unpaired) electrons. The summed E-state index contributed by atoms with van der Waals surface area (Å²) in [6, 6.07) is 12.2. The molecule has 0 saturated heterocycles. The van der Waals surface area contributed by atoms with Crippen LogP contribution in [0.3, 0.4) is 0 Å². The summed E-state index contributed by atoms with van der Waals surface area (Å²) in [6.07, 6.45) is 0.167. The molecule has 0 unspecified atom stereocenters. The van der Waals surface area contributed by atoms with Crippen molar-refractivity contribution in [3.63, 3.8) is 0 Å². The van der Waals surface area contributed by atoms with Gasteiger partial charge in [0.25, 0.3) is 0 Å². The predicted octanol–water partition coefficient (Wildman–Crippen LogP) is 3.15. The fourth-order valence-corrected chi connectivity index (χ4v) is 3.67. The van der Waals surface area contributed by atoms with Gasteiger partial charge in [-0.3, -0.25) is 15.6 Å². The maximum Gasteiger partial charge on any atom is 0.214 e. The molecule has 0 amide bonds. The van der Waals surface area contributed by atoms with Gasteiger partial charge in [0, 0.05) is 5.75 Å².